The summed E-state index contributed by atoms with van der Waals surface area (Å²) in [6.45, 7) is 6.26. The van der Waals surface area contributed by atoms with Crippen LogP contribution in [0.2, 0.25) is 0 Å². The number of hydrogen-bond acceptors (Lipinski definition) is 6. The van der Waals surface area contributed by atoms with Gasteiger partial charge in [-0.25, -0.2) is 0 Å². The summed E-state index contributed by atoms with van der Waals surface area (Å²) in [6.07, 6.45) is 103. The number of hydrogen-bond donors (Lipinski definition) is 0. The van der Waals surface area contributed by atoms with E-state index >= 15 is 0 Å². The molecule has 0 radical (unpaired) electrons. The molecule has 0 aliphatic carbocycles. The maximum atomic E-state index is 13.0. The molecule has 0 saturated heterocycles. The maximum absolute atomic E-state index is 13.0. The van der Waals surface area contributed by atoms with Crippen molar-refractivity contribution in [2.24, 2.45) is 0 Å². The Morgan fingerprint density at radius 1 is 0.241 bits per heavy atom. The van der Waals surface area contributed by atoms with Crippen LogP contribution < -0.4 is 0 Å². The van der Waals surface area contributed by atoms with Crippen LogP contribution in [-0.4, -0.2) is 37.2 Å². The van der Waals surface area contributed by atoms with Gasteiger partial charge < -0.3 is 14.2 Å². The fraction of sp³-hybridized carbons (Fsp3) is 0.571. The lowest BCUT2D eigenvalue weighted by atomic mass is 10.1. The van der Waals surface area contributed by atoms with E-state index in [1.165, 1.54) is 25.7 Å². The Balaban J connectivity index is 4.52. The maximum Gasteiger partial charge on any atom is 0.306 e. The van der Waals surface area contributed by atoms with Crippen molar-refractivity contribution in [3.05, 3.63) is 182 Å². The fourth-order valence-electron chi connectivity index (χ4n) is 8.52. The molecule has 0 spiro atoms. The minimum atomic E-state index is -0.815. The number of carbonyl (C=O) groups is 3. The van der Waals surface area contributed by atoms with Gasteiger partial charge in [0.15, 0.2) is 6.10 Å². The third kappa shape index (κ3) is 67.2. The molecule has 464 valence electrons. The molecule has 0 fully saturated rings. The van der Waals surface area contributed by atoms with Gasteiger partial charge in [-0.2, -0.15) is 0 Å². The lowest BCUT2D eigenvalue weighted by molar-refractivity contribution is -0.167. The molecule has 0 N–H and O–H groups in total. The van der Waals surface area contributed by atoms with Gasteiger partial charge in [-0.1, -0.05) is 274 Å². The largest absolute Gasteiger partial charge is 0.462 e. The first-order chi connectivity index (χ1) is 41.0. The van der Waals surface area contributed by atoms with Crippen molar-refractivity contribution in [2.75, 3.05) is 13.2 Å². The number of rotatable bonds is 58. The molecule has 0 aromatic carbocycles. The molecule has 6 heteroatoms. The Kier molecular flexibility index (Phi) is 64.4. The summed E-state index contributed by atoms with van der Waals surface area (Å²) in [6, 6.07) is 0. The van der Waals surface area contributed by atoms with E-state index in [0.717, 1.165) is 199 Å². The first-order valence-electron chi connectivity index (χ1n) is 33.3. The summed E-state index contributed by atoms with van der Waals surface area (Å²) in [7, 11) is 0. The highest BCUT2D eigenvalue weighted by Crippen LogP contribution is 2.14. The Bertz CT molecular complexity index is 1940. The zero-order valence-corrected chi connectivity index (χ0v) is 53.1. The van der Waals surface area contributed by atoms with Crippen molar-refractivity contribution in [3.63, 3.8) is 0 Å². The van der Waals surface area contributed by atoms with Gasteiger partial charge in [-0.3, -0.25) is 14.4 Å². The smallest absolute Gasteiger partial charge is 0.306 e. The molecule has 0 saturated carbocycles. The normalized spacial score (nSPS) is 13.3. The van der Waals surface area contributed by atoms with Crippen molar-refractivity contribution >= 4 is 17.9 Å². The van der Waals surface area contributed by atoms with E-state index in [9.17, 15) is 14.4 Å². The molecule has 0 aliphatic rings. The molecule has 0 aromatic rings. The second kappa shape index (κ2) is 69.0. The highest BCUT2D eigenvalue weighted by atomic mass is 16.6. The summed E-state index contributed by atoms with van der Waals surface area (Å²) in [4.78, 5) is 38.5. The van der Waals surface area contributed by atoms with Gasteiger partial charge in [0.05, 0.1) is 0 Å². The van der Waals surface area contributed by atoms with E-state index < -0.39 is 6.10 Å². The van der Waals surface area contributed by atoms with Gasteiger partial charge in [0.25, 0.3) is 0 Å². The minimum absolute atomic E-state index is 0.108. The van der Waals surface area contributed by atoms with Crippen LogP contribution in [0, 0.1) is 0 Å². The topological polar surface area (TPSA) is 78.9 Å². The zero-order chi connectivity index (χ0) is 59.9. The Labute approximate surface area is 510 Å². The van der Waals surface area contributed by atoms with E-state index in [1.807, 2.05) is 0 Å². The van der Waals surface area contributed by atoms with E-state index in [4.69, 9.17) is 14.2 Å². The molecule has 0 rings (SSSR count). The lowest BCUT2D eigenvalue weighted by Gasteiger charge is -2.18. The number of unbranched alkanes of at least 4 members (excludes halogenated alkanes) is 17. The van der Waals surface area contributed by atoms with Crippen LogP contribution in [0.5, 0.6) is 0 Å². The summed E-state index contributed by atoms with van der Waals surface area (Å²) in [5.74, 6) is -0.958. The molecule has 0 bridgehead atoms. The second-order valence-corrected chi connectivity index (χ2v) is 21.2. The summed E-state index contributed by atoms with van der Waals surface area (Å²) < 4.78 is 16.9. The van der Waals surface area contributed by atoms with Crippen LogP contribution in [0.3, 0.4) is 0 Å². The molecule has 0 aromatic heterocycles. The van der Waals surface area contributed by atoms with Gasteiger partial charge in [-0.05, 0) is 154 Å². The summed E-state index contributed by atoms with van der Waals surface area (Å²) in [5.41, 5.74) is 0. The molecule has 83 heavy (non-hydrogen) atoms. The van der Waals surface area contributed by atoms with Gasteiger partial charge in [0.2, 0.25) is 0 Å². The molecule has 6 nitrogen and oxygen atoms in total. The average Bonchev–Trinajstić information content (AvgIpc) is 3.50. The highest BCUT2D eigenvalue weighted by Gasteiger charge is 2.19. The number of allylic oxidation sites excluding steroid dienone is 30. The first kappa shape index (κ1) is 77.5. The third-order valence-corrected chi connectivity index (χ3v) is 13.4. The monoisotopic (exact) mass is 1140 g/mol. The average molecular weight is 1140 g/mol. The third-order valence-electron chi connectivity index (χ3n) is 13.4. The van der Waals surface area contributed by atoms with E-state index in [0.29, 0.717) is 12.8 Å². The van der Waals surface area contributed by atoms with E-state index in [2.05, 4.69) is 203 Å². The standard InChI is InChI=1S/C77H120O6/c1-4-7-10-13-16-19-22-25-28-31-34-36-37-38-39-41-43-46-49-52-55-58-61-64-67-70-76(79)82-73-74(72-81-75(78)69-66-63-60-57-54-51-48-45-42-33-30-27-24-21-18-15-12-9-6-3)83-77(80)71-68-65-62-59-56-53-50-47-44-40-35-32-29-26-23-20-17-14-11-8-5-2/h7-12,16-21,25-30,34-36,38-40,42-43,45-47,50,74H,4-6,13-15,22-24,31-33,37,41,44,48-49,51-73H2,1-3H3/b10-7-,11-8-,12-9-,19-16-,20-17-,21-18-,28-25-,29-26-,30-27-,36-34-,39-38-,40-35-,45-42-,46-43-,50-47-. The van der Waals surface area contributed by atoms with Gasteiger partial charge in [-0.15, -0.1) is 0 Å². The van der Waals surface area contributed by atoms with Crippen LogP contribution in [0.1, 0.15) is 265 Å². The Morgan fingerprint density at radius 2 is 0.434 bits per heavy atom. The van der Waals surface area contributed by atoms with Crippen molar-refractivity contribution in [3.8, 4) is 0 Å². The van der Waals surface area contributed by atoms with Gasteiger partial charge in [0.1, 0.15) is 13.2 Å². The van der Waals surface area contributed by atoms with Gasteiger partial charge >= 0.3 is 17.9 Å². The zero-order valence-electron chi connectivity index (χ0n) is 53.1. The Morgan fingerprint density at radius 3 is 0.675 bits per heavy atom. The van der Waals surface area contributed by atoms with Crippen LogP contribution in [0.15, 0.2) is 182 Å². The second-order valence-electron chi connectivity index (χ2n) is 21.2. The van der Waals surface area contributed by atoms with Crippen LogP contribution >= 0.6 is 0 Å². The molecular weight excluding hydrogens is 1020 g/mol. The Hall–Kier alpha value is -5.49. The number of ether oxygens (including phenoxy) is 3. The predicted molar refractivity (Wildman–Crippen MR) is 361 cm³/mol. The number of esters is 3. The van der Waals surface area contributed by atoms with Crippen molar-refractivity contribution in [1.29, 1.82) is 0 Å². The van der Waals surface area contributed by atoms with Crippen molar-refractivity contribution in [2.45, 2.75) is 271 Å². The fourth-order valence-corrected chi connectivity index (χ4v) is 8.52. The van der Waals surface area contributed by atoms with E-state index in [1.54, 1.807) is 0 Å². The molecule has 0 heterocycles. The summed E-state index contributed by atoms with van der Waals surface area (Å²) in [5, 5.41) is 0. The predicted octanol–water partition coefficient (Wildman–Crippen LogP) is 23.2. The van der Waals surface area contributed by atoms with E-state index in [-0.39, 0.29) is 37.5 Å². The van der Waals surface area contributed by atoms with Crippen LogP contribution in [0.25, 0.3) is 0 Å². The minimum Gasteiger partial charge on any atom is -0.462 e. The first-order valence-corrected chi connectivity index (χ1v) is 33.3. The highest BCUT2D eigenvalue weighted by molar-refractivity contribution is 5.71. The molecule has 1 unspecified atom stereocenters. The molecular formula is C77H120O6. The lowest BCUT2D eigenvalue weighted by Crippen LogP contribution is -2.30. The van der Waals surface area contributed by atoms with Crippen molar-refractivity contribution in [1.82, 2.24) is 0 Å². The summed E-state index contributed by atoms with van der Waals surface area (Å²) >= 11 is 0. The van der Waals surface area contributed by atoms with Crippen molar-refractivity contribution < 1.29 is 28.6 Å². The van der Waals surface area contributed by atoms with Crippen LogP contribution in [-0.2, 0) is 28.6 Å². The van der Waals surface area contributed by atoms with Crippen LogP contribution in [0.4, 0.5) is 0 Å². The SMILES string of the molecule is CC/C=C\C/C=C\C/C=C\C/C=C\C/C=C\C/C=C\CCCCCCCCC(=O)OCC(COC(=O)CCCCCCCC/C=C\C/C=C\C/C=C\C/C=C\CC)OC(=O)CCCCCCC/C=C\C/C=C\C/C=C\C/C=C\C/C=C\CC. The van der Waals surface area contributed by atoms with Gasteiger partial charge in [0, 0.05) is 19.3 Å². The molecule has 1 atom stereocenters. The number of carbonyl (C=O) groups excluding carboxylic acids is 3. The molecule has 0 aliphatic heterocycles. The quantitative estimate of drug-likeness (QED) is 0.0261. The molecule has 0 amide bonds.